The van der Waals surface area contributed by atoms with Crippen LogP contribution in [0.25, 0.3) is 0 Å². The van der Waals surface area contributed by atoms with E-state index in [0.29, 0.717) is 17.8 Å². The Morgan fingerprint density at radius 1 is 1.33 bits per heavy atom. The second-order valence-electron chi connectivity index (χ2n) is 6.90. The second-order valence-corrected chi connectivity index (χ2v) is 6.90. The van der Waals surface area contributed by atoms with Crippen molar-refractivity contribution in [3.8, 4) is 0 Å². The summed E-state index contributed by atoms with van der Waals surface area (Å²) in [4.78, 5) is 0. The molecule has 0 aliphatic heterocycles. The molecule has 3 aliphatic rings. The van der Waals surface area contributed by atoms with E-state index in [9.17, 15) is 15.3 Å². The van der Waals surface area contributed by atoms with Gasteiger partial charge in [0.15, 0.2) is 0 Å². The molecule has 3 heteroatoms. The predicted molar refractivity (Wildman–Crippen MR) is 68.7 cm³/mol. The molecule has 3 saturated carbocycles. The van der Waals surface area contributed by atoms with Crippen LogP contribution >= 0.6 is 0 Å². The first-order chi connectivity index (χ1) is 8.45. The first-order valence-corrected chi connectivity index (χ1v) is 7.12. The normalized spacial score (nSPS) is 54.4. The molecule has 0 aromatic carbocycles. The predicted octanol–water partition coefficient (Wildman–Crippen LogP) is 1.18. The molecule has 3 nitrogen and oxygen atoms in total. The van der Waals surface area contributed by atoms with Crippen LogP contribution in [0.5, 0.6) is 0 Å². The minimum Gasteiger partial charge on any atom is -0.395 e. The number of aliphatic hydroxyl groups excluding tert-OH is 3. The summed E-state index contributed by atoms with van der Waals surface area (Å²) in [6, 6.07) is 0. The lowest BCUT2D eigenvalue weighted by Gasteiger charge is -2.46. The molecule has 7 atom stereocenters. The summed E-state index contributed by atoms with van der Waals surface area (Å²) in [5.41, 5.74) is 0.681. The van der Waals surface area contributed by atoms with E-state index in [0.717, 1.165) is 18.4 Å². The summed E-state index contributed by atoms with van der Waals surface area (Å²) in [7, 11) is 0. The second kappa shape index (κ2) is 3.81. The Labute approximate surface area is 109 Å². The molecule has 2 unspecified atom stereocenters. The maximum absolute atomic E-state index is 10.3. The first-order valence-electron chi connectivity index (χ1n) is 7.12. The Morgan fingerprint density at radius 2 is 2.00 bits per heavy atom. The van der Waals surface area contributed by atoms with Gasteiger partial charge in [0.1, 0.15) is 0 Å². The van der Waals surface area contributed by atoms with Crippen molar-refractivity contribution in [2.45, 2.75) is 38.9 Å². The Morgan fingerprint density at radius 3 is 2.56 bits per heavy atom. The van der Waals surface area contributed by atoms with Crippen LogP contribution in [-0.2, 0) is 0 Å². The molecule has 3 aliphatic carbocycles. The maximum Gasteiger partial charge on any atom is 0.0870 e. The van der Waals surface area contributed by atoms with E-state index in [-0.39, 0.29) is 23.9 Å². The van der Waals surface area contributed by atoms with Crippen molar-refractivity contribution >= 4 is 0 Å². The molecule has 102 valence electrons. The molecule has 0 aromatic rings. The van der Waals surface area contributed by atoms with Crippen molar-refractivity contribution < 1.29 is 15.3 Å². The fourth-order valence-electron chi connectivity index (χ4n) is 5.32. The van der Waals surface area contributed by atoms with Crippen LogP contribution in [0, 0.1) is 35.0 Å². The van der Waals surface area contributed by atoms with Crippen LogP contribution < -0.4 is 0 Å². The first kappa shape index (κ1) is 12.6. The zero-order valence-electron chi connectivity index (χ0n) is 11.2. The zero-order valence-corrected chi connectivity index (χ0v) is 11.2. The van der Waals surface area contributed by atoms with Gasteiger partial charge >= 0.3 is 0 Å². The lowest BCUT2D eigenvalue weighted by atomic mass is 9.60. The van der Waals surface area contributed by atoms with E-state index in [1.807, 2.05) is 0 Å². The minimum atomic E-state index is -0.681. The molecule has 0 aromatic heterocycles. The summed E-state index contributed by atoms with van der Waals surface area (Å²) < 4.78 is 0. The zero-order chi connectivity index (χ0) is 13.2. The largest absolute Gasteiger partial charge is 0.395 e. The highest BCUT2D eigenvalue weighted by atomic mass is 16.3. The van der Waals surface area contributed by atoms with Crippen LogP contribution in [0.2, 0.25) is 0 Å². The number of hydrogen-bond acceptors (Lipinski definition) is 3. The molecular formula is C15H24O3. The summed E-state index contributed by atoms with van der Waals surface area (Å²) in [5, 5.41) is 30.4. The average molecular weight is 252 g/mol. The monoisotopic (exact) mass is 252 g/mol. The third-order valence-corrected chi connectivity index (χ3v) is 6.15. The topological polar surface area (TPSA) is 60.7 Å². The molecule has 4 bridgehead atoms. The van der Waals surface area contributed by atoms with Crippen molar-refractivity contribution in [1.82, 2.24) is 0 Å². The summed E-state index contributed by atoms with van der Waals surface area (Å²) in [6.07, 6.45) is 0.631. The van der Waals surface area contributed by atoms with Gasteiger partial charge in [-0.15, -0.1) is 0 Å². The fraction of sp³-hybridized carbons (Fsp3) is 0.867. The lowest BCUT2D eigenvalue weighted by Crippen LogP contribution is -2.48. The van der Waals surface area contributed by atoms with Gasteiger partial charge in [0.2, 0.25) is 0 Å². The van der Waals surface area contributed by atoms with Gasteiger partial charge in [-0.1, -0.05) is 26.0 Å². The van der Waals surface area contributed by atoms with Gasteiger partial charge in [0.25, 0.3) is 0 Å². The molecule has 0 radical (unpaired) electrons. The van der Waals surface area contributed by atoms with Crippen molar-refractivity contribution in [2.24, 2.45) is 35.0 Å². The molecule has 0 heterocycles. The number of hydrogen-bond donors (Lipinski definition) is 3. The molecule has 3 N–H and O–H groups in total. The van der Waals surface area contributed by atoms with Crippen LogP contribution in [0.3, 0.4) is 0 Å². The Bertz CT molecular complexity index is 378. The van der Waals surface area contributed by atoms with E-state index < -0.39 is 12.2 Å². The van der Waals surface area contributed by atoms with Crippen LogP contribution in [-0.4, -0.2) is 34.1 Å². The van der Waals surface area contributed by atoms with E-state index in [4.69, 9.17) is 0 Å². The van der Waals surface area contributed by atoms with Gasteiger partial charge < -0.3 is 15.3 Å². The Balaban J connectivity index is 2.07. The van der Waals surface area contributed by atoms with E-state index in [1.54, 1.807) is 0 Å². The standard InChI is InChI=1S/C15H24O3/c1-7(2)9-4-5-15(6-16)8(3)10-11(9)12(15)14(18)13(10)17/h7,9-14,16-18H,3-6H2,1-2H3/t9-,10+,11-,12-,13?,14?,15-/m1/s1. The quantitative estimate of drug-likeness (QED) is 0.647. The molecule has 18 heavy (non-hydrogen) atoms. The van der Waals surface area contributed by atoms with Crippen molar-refractivity contribution in [3.05, 3.63) is 12.2 Å². The van der Waals surface area contributed by atoms with Gasteiger partial charge in [0.05, 0.1) is 18.8 Å². The molecule has 3 fully saturated rings. The van der Waals surface area contributed by atoms with Crippen molar-refractivity contribution in [2.75, 3.05) is 6.61 Å². The molecule has 0 spiro atoms. The highest BCUT2D eigenvalue weighted by Crippen LogP contribution is 2.69. The van der Waals surface area contributed by atoms with E-state index >= 15 is 0 Å². The van der Waals surface area contributed by atoms with Crippen LogP contribution in [0.15, 0.2) is 12.2 Å². The van der Waals surface area contributed by atoms with Crippen molar-refractivity contribution in [1.29, 1.82) is 0 Å². The van der Waals surface area contributed by atoms with Gasteiger partial charge in [-0.05, 0) is 30.6 Å². The molecule has 3 rings (SSSR count). The third kappa shape index (κ3) is 1.21. The van der Waals surface area contributed by atoms with Crippen LogP contribution in [0.1, 0.15) is 26.7 Å². The maximum atomic E-state index is 10.3. The minimum absolute atomic E-state index is 0.00736. The lowest BCUT2D eigenvalue weighted by molar-refractivity contribution is -0.0723. The average Bonchev–Trinajstić information content (AvgIpc) is 2.68. The summed E-state index contributed by atoms with van der Waals surface area (Å²) in [5.74, 6) is 1.40. The summed E-state index contributed by atoms with van der Waals surface area (Å²) >= 11 is 0. The van der Waals surface area contributed by atoms with Crippen LogP contribution in [0.4, 0.5) is 0 Å². The SMILES string of the molecule is C=C1[C@@H]2C(O)C(O)[C@H]3[C@@H]2[C@@H](C(C)C)CC[C@@]13CO. The molecule has 0 amide bonds. The molecule has 0 saturated heterocycles. The highest BCUT2D eigenvalue weighted by Gasteiger charge is 2.70. The molecular weight excluding hydrogens is 228 g/mol. The van der Waals surface area contributed by atoms with Gasteiger partial charge in [-0.2, -0.15) is 0 Å². The third-order valence-electron chi connectivity index (χ3n) is 6.15. The number of rotatable bonds is 2. The Hall–Kier alpha value is -0.380. The van der Waals surface area contributed by atoms with Crippen molar-refractivity contribution in [3.63, 3.8) is 0 Å². The highest BCUT2D eigenvalue weighted by molar-refractivity contribution is 5.34. The summed E-state index contributed by atoms with van der Waals surface area (Å²) in [6.45, 7) is 8.67. The smallest absolute Gasteiger partial charge is 0.0870 e. The van der Waals surface area contributed by atoms with E-state index in [1.165, 1.54) is 0 Å². The van der Waals surface area contributed by atoms with E-state index in [2.05, 4.69) is 20.4 Å². The van der Waals surface area contributed by atoms with Gasteiger partial charge in [0, 0.05) is 17.3 Å². The van der Waals surface area contributed by atoms with Gasteiger partial charge in [-0.3, -0.25) is 0 Å². The number of aliphatic hydroxyl groups is 3. The van der Waals surface area contributed by atoms with Gasteiger partial charge in [-0.25, -0.2) is 0 Å². The Kier molecular flexibility index (Phi) is 2.68. The fourth-order valence-corrected chi connectivity index (χ4v) is 5.32.